The van der Waals surface area contributed by atoms with Gasteiger partial charge in [-0.05, 0) is 32.9 Å². The third-order valence-corrected chi connectivity index (χ3v) is 3.58. The summed E-state index contributed by atoms with van der Waals surface area (Å²) in [4.78, 5) is 24.7. The van der Waals surface area contributed by atoms with Gasteiger partial charge in [-0.1, -0.05) is 12.1 Å². The molecule has 0 saturated carbocycles. The van der Waals surface area contributed by atoms with Crippen molar-refractivity contribution in [3.05, 3.63) is 29.8 Å². The number of Topliss-reactive ketones (excluding diaryl/α,β-unsaturated/α-hetero) is 1. The van der Waals surface area contributed by atoms with E-state index in [0.29, 0.717) is 17.8 Å². The maximum Gasteiger partial charge on any atom is 0.279 e. The zero-order valence-electron chi connectivity index (χ0n) is 12.8. The van der Waals surface area contributed by atoms with Crippen LogP contribution in [-0.2, 0) is 9.53 Å². The number of hydrogen-bond donors (Lipinski definition) is 2. The predicted molar refractivity (Wildman–Crippen MR) is 80.6 cm³/mol. The average Bonchev–Trinajstić information content (AvgIpc) is 2.37. The van der Waals surface area contributed by atoms with Gasteiger partial charge in [0.1, 0.15) is 25.3 Å². The molecule has 0 aliphatic carbocycles. The summed E-state index contributed by atoms with van der Waals surface area (Å²) in [5.41, 5.74) is 1.27. The van der Waals surface area contributed by atoms with Crippen LogP contribution in [0.2, 0.25) is 0 Å². The molecule has 114 valence electrons. The van der Waals surface area contributed by atoms with Crippen LogP contribution in [0, 0.1) is 0 Å². The molecule has 5 nitrogen and oxygen atoms in total. The Balaban J connectivity index is 1.92. The van der Waals surface area contributed by atoms with Crippen molar-refractivity contribution in [2.24, 2.45) is 0 Å². The van der Waals surface area contributed by atoms with E-state index in [1.165, 1.54) is 11.8 Å². The fraction of sp³-hybridized carbons (Fsp3) is 0.500. The predicted octanol–water partition coefficient (Wildman–Crippen LogP) is 0.520. The monoisotopic (exact) mass is 291 g/mol. The summed E-state index contributed by atoms with van der Waals surface area (Å²) in [7, 11) is 0. The molecular weight excluding hydrogens is 268 g/mol. The van der Waals surface area contributed by atoms with Crippen molar-refractivity contribution in [3.63, 3.8) is 0 Å². The maximum absolute atomic E-state index is 12.1. The SMILES string of the molecule is CC(=O)c1cccc(NC(=O)C[NH+]2C[C@@H](C)O[C@@H](C)C2)c1. The second-order valence-electron chi connectivity index (χ2n) is 5.78. The largest absolute Gasteiger partial charge is 0.364 e. The first-order valence-electron chi connectivity index (χ1n) is 7.34. The zero-order chi connectivity index (χ0) is 15.4. The van der Waals surface area contributed by atoms with E-state index in [-0.39, 0.29) is 23.9 Å². The molecule has 1 aromatic rings. The molecule has 1 heterocycles. The Kier molecular flexibility index (Phi) is 5.09. The summed E-state index contributed by atoms with van der Waals surface area (Å²) in [6, 6.07) is 7.02. The fourth-order valence-electron chi connectivity index (χ4n) is 2.78. The van der Waals surface area contributed by atoms with Gasteiger partial charge in [0.15, 0.2) is 12.3 Å². The van der Waals surface area contributed by atoms with E-state index in [2.05, 4.69) is 5.32 Å². The second-order valence-corrected chi connectivity index (χ2v) is 5.78. The van der Waals surface area contributed by atoms with Crippen LogP contribution in [0.1, 0.15) is 31.1 Å². The number of ether oxygens (including phenoxy) is 1. The van der Waals surface area contributed by atoms with Crippen LogP contribution in [0.25, 0.3) is 0 Å². The normalized spacial score (nSPS) is 25.4. The minimum absolute atomic E-state index is 0.00690. The van der Waals surface area contributed by atoms with Crippen LogP contribution in [0.4, 0.5) is 5.69 Å². The molecule has 1 aromatic carbocycles. The van der Waals surface area contributed by atoms with Crippen molar-refractivity contribution >= 4 is 17.4 Å². The van der Waals surface area contributed by atoms with E-state index in [1.54, 1.807) is 24.3 Å². The zero-order valence-corrected chi connectivity index (χ0v) is 12.8. The molecule has 2 rings (SSSR count). The third-order valence-electron chi connectivity index (χ3n) is 3.58. The second kappa shape index (κ2) is 6.83. The molecule has 21 heavy (non-hydrogen) atoms. The molecule has 0 bridgehead atoms. The molecule has 1 saturated heterocycles. The van der Waals surface area contributed by atoms with E-state index in [1.807, 2.05) is 13.8 Å². The summed E-state index contributed by atoms with van der Waals surface area (Å²) < 4.78 is 5.67. The van der Waals surface area contributed by atoms with Crippen LogP contribution in [0.3, 0.4) is 0 Å². The number of rotatable bonds is 4. The first-order valence-corrected chi connectivity index (χ1v) is 7.34. The molecule has 0 radical (unpaired) electrons. The molecule has 0 aromatic heterocycles. The first kappa shape index (κ1) is 15.7. The number of amides is 1. The smallest absolute Gasteiger partial charge is 0.279 e. The Morgan fingerprint density at radius 3 is 2.57 bits per heavy atom. The highest BCUT2D eigenvalue weighted by Gasteiger charge is 2.27. The summed E-state index contributed by atoms with van der Waals surface area (Å²) in [6.45, 7) is 7.67. The summed E-state index contributed by atoms with van der Waals surface area (Å²) in [5.74, 6) is -0.0421. The number of ketones is 1. The van der Waals surface area contributed by atoms with E-state index in [4.69, 9.17) is 4.74 Å². The third kappa shape index (κ3) is 4.65. The number of carbonyl (C=O) groups is 2. The van der Waals surface area contributed by atoms with Crippen molar-refractivity contribution in [1.82, 2.24) is 0 Å². The van der Waals surface area contributed by atoms with Gasteiger partial charge in [-0.3, -0.25) is 9.59 Å². The number of anilines is 1. The van der Waals surface area contributed by atoms with Crippen molar-refractivity contribution in [3.8, 4) is 0 Å². The van der Waals surface area contributed by atoms with Crippen molar-refractivity contribution in [1.29, 1.82) is 0 Å². The molecule has 2 N–H and O–H groups in total. The number of carbonyl (C=O) groups excluding carboxylic acids is 2. The van der Waals surface area contributed by atoms with Gasteiger partial charge >= 0.3 is 0 Å². The van der Waals surface area contributed by atoms with E-state index in [0.717, 1.165) is 13.1 Å². The van der Waals surface area contributed by atoms with Gasteiger partial charge in [0.2, 0.25) is 0 Å². The molecule has 5 heteroatoms. The van der Waals surface area contributed by atoms with E-state index < -0.39 is 0 Å². The summed E-state index contributed by atoms with van der Waals surface area (Å²) in [6.07, 6.45) is 0.357. The Labute approximate surface area is 125 Å². The molecule has 1 aliphatic heterocycles. The molecule has 1 aliphatic rings. The highest BCUT2D eigenvalue weighted by molar-refractivity contribution is 5.97. The highest BCUT2D eigenvalue weighted by atomic mass is 16.5. The lowest BCUT2D eigenvalue weighted by Gasteiger charge is -2.31. The molecule has 0 spiro atoms. The van der Waals surface area contributed by atoms with Crippen molar-refractivity contribution < 1.29 is 19.2 Å². The summed E-state index contributed by atoms with van der Waals surface area (Å²) in [5, 5.41) is 2.86. The van der Waals surface area contributed by atoms with Crippen LogP contribution >= 0.6 is 0 Å². The fourth-order valence-corrected chi connectivity index (χ4v) is 2.78. The number of morpholine rings is 1. The molecule has 1 unspecified atom stereocenters. The Morgan fingerprint density at radius 2 is 1.95 bits per heavy atom. The van der Waals surface area contributed by atoms with E-state index >= 15 is 0 Å². The van der Waals surface area contributed by atoms with Crippen molar-refractivity contribution in [2.45, 2.75) is 33.0 Å². The van der Waals surface area contributed by atoms with Gasteiger partial charge in [0, 0.05) is 11.3 Å². The minimum atomic E-state index is -0.0352. The molecular formula is C16H23N2O3+. The standard InChI is InChI=1S/C16H22N2O3/c1-11-8-18(9-12(2)21-11)10-16(20)17-15-6-4-5-14(7-15)13(3)19/h4-7,11-12H,8-10H2,1-3H3,(H,17,20)/p+1/t11-,12+. The van der Waals surface area contributed by atoms with Crippen LogP contribution in [-0.4, -0.2) is 43.5 Å². The van der Waals surface area contributed by atoms with E-state index in [9.17, 15) is 9.59 Å². The number of benzene rings is 1. The Hall–Kier alpha value is -1.72. The molecule has 1 fully saturated rings. The lowest BCUT2D eigenvalue weighted by Crippen LogP contribution is -3.16. The number of hydrogen-bond acceptors (Lipinski definition) is 3. The number of nitrogens with one attached hydrogen (secondary N) is 2. The molecule has 3 atom stereocenters. The first-order chi connectivity index (χ1) is 9.94. The minimum Gasteiger partial charge on any atom is -0.364 e. The Morgan fingerprint density at radius 1 is 1.29 bits per heavy atom. The quantitative estimate of drug-likeness (QED) is 0.795. The van der Waals surface area contributed by atoms with Gasteiger partial charge in [-0.2, -0.15) is 0 Å². The lowest BCUT2D eigenvalue weighted by atomic mass is 10.1. The van der Waals surface area contributed by atoms with Gasteiger partial charge < -0.3 is 15.0 Å². The van der Waals surface area contributed by atoms with Gasteiger partial charge in [0.25, 0.3) is 5.91 Å². The molecule has 1 amide bonds. The van der Waals surface area contributed by atoms with Crippen molar-refractivity contribution in [2.75, 3.05) is 25.0 Å². The Bertz CT molecular complexity index is 520. The van der Waals surface area contributed by atoms with Crippen LogP contribution < -0.4 is 10.2 Å². The topological polar surface area (TPSA) is 59.8 Å². The maximum atomic E-state index is 12.1. The number of quaternary nitrogens is 1. The lowest BCUT2D eigenvalue weighted by molar-refractivity contribution is -0.907. The van der Waals surface area contributed by atoms with Gasteiger partial charge in [-0.25, -0.2) is 0 Å². The average molecular weight is 291 g/mol. The van der Waals surface area contributed by atoms with Crippen LogP contribution in [0.5, 0.6) is 0 Å². The highest BCUT2D eigenvalue weighted by Crippen LogP contribution is 2.10. The van der Waals surface area contributed by atoms with Crippen LogP contribution in [0.15, 0.2) is 24.3 Å². The summed E-state index contributed by atoms with van der Waals surface area (Å²) >= 11 is 0. The van der Waals surface area contributed by atoms with Gasteiger partial charge in [0.05, 0.1) is 0 Å². The van der Waals surface area contributed by atoms with Gasteiger partial charge in [-0.15, -0.1) is 0 Å².